The number of sulfonamides is 1. The topological polar surface area (TPSA) is 87.6 Å². The number of carbonyl (C=O) groups is 1. The number of benzene rings is 2. The molecule has 2 N–H and O–H groups in total. The fraction of sp³-hybridized carbons (Fsp3) is 0.143. The Morgan fingerprint density at radius 2 is 1.83 bits per heavy atom. The van der Waals surface area contributed by atoms with Gasteiger partial charge in [0.15, 0.2) is 0 Å². The third-order valence-electron chi connectivity index (χ3n) is 4.26. The summed E-state index contributed by atoms with van der Waals surface area (Å²) >= 11 is 1.54. The molecule has 6 nitrogen and oxygen atoms in total. The quantitative estimate of drug-likeness (QED) is 0.417. The van der Waals surface area contributed by atoms with E-state index in [1.807, 2.05) is 18.4 Å². The van der Waals surface area contributed by atoms with Crippen molar-refractivity contribution in [2.45, 2.75) is 25.2 Å². The molecular weight excluding hydrogens is 425 g/mol. The average molecular weight is 446 g/mol. The molecule has 1 amide bonds. The average Bonchev–Trinajstić information content (AvgIpc) is 3.22. The number of anilines is 1. The highest BCUT2D eigenvalue weighted by molar-refractivity contribution is 7.89. The molecule has 1 heterocycles. The van der Waals surface area contributed by atoms with Crippen molar-refractivity contribution >= 4 is 38.7 Å². The predicted octanol–water partition coefficient (Wildman–Crippen LogP) is 4.40. The molecular formula is C21H20FN3O3S2. The highest BCUT2D eigenvalue weighted by Crippen LogP contribution is 2.18. The number of hydrogen-bond acceptors (Lipinski definition) is 5. The fourth-order valence-corrected chi connectivity index (χ4v) is 4.24. The number of aryl methyl sites for hydroxylation is 1. The van der Waals surface area contributed by atoms with Gasteiger partial charge in [0.05, 0.1) is 16.2 Å². The molecule has 30 heavy (non-hydrogen) atoms. The molecule has 0 saturated carbocycles. The Morgan fingerprint density at radius 1 is 1.10 bits per heavy atom. The molecule has 0 fully saturated rings. The molecule has 0 atom stereocenters. The predicted molar refractivity (Wildman–Crippen MR) is 117 cm³/mol. The van der Waals surface area contributed by atoms with E-state index in [0.29, 0.717) is 22.5 Å². The summed E-state index contributed by atoms with van der Waals surface area (Å²) in [5.74, 6) is -0.740. The van der Waals surface area contributed by atoms with Gasteiger partial charge < -0.3 is 5.32 Å². The van der Waals surface area contributed by atoms with Crippen LogP contribution in [0.3, 0.4) is 0 Å². The van der Waals surface area contributed by atoms with Gasteiger partial charge in [-0.25, -0.2) is 4.39 Å². The first-order valence-electron chi connectivity index (χ1n) is 9.09. The molecule has 0 bridgehead atoms. The summed E-state index contributed by atoms with van der Waals surface area (Å²) in [6.45, 7) is 3.67. The van der Waals surface area contributed by atoms with Crippen molar-refractivity contribution in [1.29, 1.82) is 0 Å². The minimum absolute atomic E-state index is 0.0938. The number of nitrogens with one attached hydrogen (secondary N) is 2. The standard InChI is InChI=1S/C21H20FN3O3S2/c1-3-19-12-16(13-29-19)21(26)23-18-6-4-5-15(11-18)14(2)24-25-30(27,28)20-9-7-17(22)8-10-20/h4-13,25H,3H2,1-2H3,(H,23,26)/b24-14+. The van der Waals surface area contributed by atoms with Gasteiger partial charge in [0, 0.05) is 15.9 Å². The van der Waals surface area contributed by atoms with Gasteiger partial charge in [-0.05, 0) is 61.4 Å². The summed E-state index contributed by atoms with van der Waals surface area (Å²) < 4.78 is 37.6. The van der Waals surface area contributed by atoms with Gasteiger partial charge in [0.1, 0.15) is 5.82 Å². The van der Waals surface area contributed by atoms with Crippen molar-refractivity contribution in [1.82, 2.24) is 4.83 Å². The van der Waals surface area contributed by atoms with Crippen LogP contribution in [0.2, 0.25) is 0 Å². The van der Waals surface area contributed by atoms with Crippen molar-refractivity contribution in [3.05, 3.63) is 81.8 Å². The highest BCUT2D eigenvalue weighted by atomic mass is 32.2. The van der Waals surface area contributed by atoms with Crippen LogP contribution in [0.15, 0.2) is 70.0 Å². The molecule has 3 rings (SSSR count). The fourth-order valence-electron chi connectivity index (χ4n) is 2.57. The monoisotopic (exact) mass is 445 g/mol. The highest BCUT2D eigenvalue weighted by Gasteiger charge is 2.13. The van der Waals surface area contributed by atoms with Gasteiger partial charge in [-0.3, -0.25) is 4.79 Å². The van der Waals surface area contributed by atoms with Gasteiger partial charge in [0.25, 0.3) is 15.9 Å². The van der Waals surface area contributed by atoms with Crippen LogP contribution in [0.1, 0.15) is 34.6 Å². The van der Waals surface area contributed by atoms with Gasteiger partial charge in [-0.2, -0.15) is 18.4 Å². The third-order valence-corrected chi connectivity index (χ3v) is 6.57. The van der Waals surface area contributed by atoms with E-state index in [-0.39, 0.29) is 10.8 Å². The number of nitrogens with zero attached hydrogens (tertiary/aromatic N) is 1. The lowest BCUT2D eigenvalue weighted by Crippen LogP contribution is -2.20. The maximum absolute atomic E-state index is 13.0. The minimum Gasteiger partial charge on any atom is -0.322 e. The Morgan fingerprint density at radius 3 is 2.50 bits per heavy atom. The third kappa shape index (κ3) is 5.31. The van der Waals surface area contributed by atoms with E-state index in [0.717, 1.165) is 35.6 Å². The first-order valence-corrected chi connectivity index (χ1v) is 11.5. The Hall–Kier alpha value is -3.04. The molecule has 0 aliphatic carbocycles. The maximum Gasteiger partial charge on any atom is 0.276 e. The lowest BCUT2D eigenvalue weighted by Gasteiger charge is -2.08. The zero-order valence-electron chi connectivity index (χ0n) is 16.3. The van der Waals surface area contributed by atoms with Crippen molar-refractivity contribution < 1.29 is 17.6 Å². The largest absolute Gasteiger partial charge is 0.322 e. The number of thiophene rings is 1. The Balaban J connectivity index is 1.72. The number of amides is 1. The second-order valence-corrected chi connectivity index (χ2v) is 9.09. The van der Waals surface area contributed by atoms with Crippen molar-refractivity contribution in [2.75, 3.05) is 5.32 Å². The van der Waals surface area contributed by atoms with Crippen molar-refractivity contribution in [2.24, 2.45) is 5.10 Å². The van der Waals surface area contributed by atoms with Gasteiger partial charge in [0.2, 0.25) is 0 Å². The molecule has 0 aliphatic heterocycles. The van der Waals surface area contributed by atoms with Crippen LogP contribution < -0.4 is 10.1 Å². The van der Waals surface area contributed by atoms with Crippen LogP contribution in [0.5, 0.6) is 0 Å². The van der Waals surface area contributed by atoms with E-state index in [2.05, 4.69) is 15.2 Å². The molecule has 2 aromatic carbocycles. The van der Waals surface area contributed by atoms with E-state index in [4.69, 9.17) is 0 Å². The zero-order chi connectivity index (χ0) is 21.7. The smallest absolute Gasteiger partial charge is 0.276 e. The lowest BCUT2D eigenvalue weighted by atomic mass is 10.1. The Labute approximate surface area is 178 Å². The molecule has 156 valence electrons. The van der Waals surface area contributed by atoms with Gasteiger partial charge in [-0.15, -0.1) is 11.3 Å². The Bertz CT molecular complexity index is 1190. The minimum atomic E-state index is -3.92. The van der Waals surface area contributed by atoms with E-state index >= 15 is 0 Å². The molecule has 0 aliphatic rings. The Kier molecular flexibility index (Phi) is 6.63. The second kappa shape index (κ2) is 9.19. The molecule has 0 unspecified atom stereocenters. The van der Waals surface area contributed by atoms with Crippen molar-refractivity contribution in [3.63, 3.8) is 0 Å². The van der Waals surface area contributed by atoms with E-state index in [1.165, 1.54) is 11.3 Å². The molecule has 0 saturated heterocycles. The van der Waals surface area contributed by atoms with Crippen LogP contribution in [-0.4, -0.2) is 20.0 Å². The first-order chi connectivity index (χ1) is 14.3. The normalized spacial score (nSPS) is 11.9. The van der Waals surface area contributed by atoms with Gasteiger partial charge in [-0.1, -0.05) is 19.1 Å². The van der Waals surface area contributed by atoms with Crippen molar-refractivity contribution in [3.8, 4) is 0 Å². The molecule has 9 heteroatoms. The molecule has 0 spiro atoms. The number of hydrazone groups is 1. The summed E-state index contributed by atoms with van der Waals surface area (Å²) in [7, 11) is -3.92. The van der Waals surface area contributed by atoms with Crippen LogP contribution in [0.4, 0.5) is 10.1 Å². The van der Waals surface area contributed by atoms with E-state index in [1.54, 1.807) is 31.2 Å². The van der Waals surface area contributed by atoms with E-state index < -0.39 is 15.8 Å². The summed E-state index contributed by atoms with van der Waals surface area (Å²) in [5.41, 5.74) is 2.20. The van der Waals surface area contributed by atoms with Crippen LogP contribution >= 0.6 is 11.3 Å². The maximum atomic E-state index is 13.0. The van der Waals surface area contributed by atoms with Crippen LogP contribution in [0.25, 0.3) is 0 Å². The van der Waals surface area contributed by atoms with Gasteiger partial charge >= 0.3 is 0 Å². The van der Waals surface area contributed by atoms with Crippen LogP contribution in [-0.2, 0) is 16.4 Å². The SMILES string of the molecule is CCc1cc(C(=O)Nc2cccc(/C(C)=N/NS(=O)(=O)c3ccc(F)cc3)c2)cs1. The number of hydrogen-bond donors (Lipinski definition) is 2. The first kappa shape index (κ1) is 21.7. The summed E-state index contributed by atoms with van der Waals surface area (Å²) in [6, 6.07) is 13.2. The summed E-state index contributed by atoms with van der Waals surface area (Å²) in [5, 5.41) is 8.58. The number of rotatable bonds is 7. The van der Waals surface area contributed by atoms with Crippen LogP contribution in [0, 0.1) is 5.82 Å². The second-order valence-electron chi connectivity index (χ2n) is 6.44. The zero-order valence-corrected chi connectivity index (χ0v) is 18.0. The molecule has 0 radical (unpaired) electrons. The number of carbonyl (C=O) groups excluding carboxylic acids is 1. The number of halogens is 1. The van der Waals surface area contributed by atoms with E-state index in [9.17, 15) is 17.6 Å². The lowest BCUT2D eigenvalue weighted by molar-refractivity contribution is 0.102. The summed E-state index contributed by atoms with van der Waals surface area (Å²) in [4.78, 5) is 15.6. The summed E-state index contributed by atoms with van der Waals surface area (Å²) in [6.07, 6.45) is 0.872. The molecule has 1 aromatic heterocycles. The molecule has 3 aromatic rings.